The highest BCUT2D eigenvalue weighted by molar-refractivity contribution is 5.69. The predicted octanol–water partition coefficient (Wildman–Crippen LogP) is 2.84. The molecule has 2 rings (SSSR count). The van der Waals surface area contributed by atoms with Gasteiger partial charge in [-0.05, 0) is 58.1 Å². The number of nitrogens with zero attached hydrogens (tertiary/aromatic N) is 2. The van der Waals surface area contributed by atoms with Crippen LogP contribution in [0.25, 0.3) is 0 Å². The number of fused-ring (bicyclic) bond motifs is 1. The smallest absolute Gasteiger partial charge is 0.410 e. The van der Waals surface area contributed by atoms with Crippen LogP contribution in [0.15, 0.2) is 18.2 Å². The van der Waals surface area contributed by atoms with E-state index in [0.29, 0.717) is 19.8 Å². The molecule has 5 heteroatoms. The summed E-state index contributed by atoms with van der Waals surface area (Å²) in [4.78, 5) is 15.8. The maximum absolute atomic E-state index is 12.1. The normalized spacial score (nSPS) is 14.3. The SMILES string of the molecule is CN(C)COc1ccc2c(c1)CN(C(=O)OC(C)(C)C)C2. The topological polar surface area (TPSA) is 42.0 Å². The molecule has 0 N–H and O–H groups in total. The van der Waals surface area contributed by atoms with E-state index in [-0.39, 0.29) is 6.09 Å². The lowest BCUT2D eigenvalue weighted by Gasteiger charge is -2.24. The molecule has 1 heterocycles. The van der Waals surface area contributed by atoms with Crippen LogP contribution in [-0.2, 0) is 17.8 Å². The van der Waals surface area contributed by atoms with E-state index in [4.69, 9.17) is 9.47 Å². The number of amides is 1. The standard InChI is InChI=1S/C16H24N2O3/c1-16(2,3)21-15(19)18-9-12-6-7-14(8-13(12)10-18)20-11-17(4)5/h6-8H,9-11H2,1-5H3. The minimum absolute atomic E-state index is 0.269. The van der Waals surface area contributed by atoms with Gasteiger partial charge in [0.05, 0.1) is 0 Å². The zero-order valence-corrected chi connectivity index (χ0v) is 13.5. The van der Waals surface area contributed by atoms with Crippen LogP contribution in [0.4, 0.5) is 4.79 Å². The van der Waals surface area contributed by atoms with E-state index in [1.165, 1.54) is 0 Å². The molecule has 0 aliphatic carbocycles. The average molecular weight is 292 g/mol. The molecule has 1 aromatic rings. The van der Waals surface area contributed by atoms with E-state index < -0.39 is 5.60 Å². The molecule has 0 aromatic heterocycles. The molecular formula is C16H24N2O3. The van der Waals surface area contributed by atoms with Crippen LogP contribution in [0.5, 0.6) is 5.75 Å². The number of carbonyl (C=O) groups is 1. The minimum atomic E-state index is -0.466. The Morgan fingerprint density at radius 2 is 1.90 bits per heavy atom. The maximum atomic E-state index is 12.1. The Bertz CT molecular complexity index is 521. The number of hydrogen-bond donors (Lipinski definition) is 0. The molecule has 0 spiro atoms. The van der Waals surface area contributed by atoms with Crippen molar-refractivity contribution in [3.8, 4) is 5.75 Å². The van der Waals surface area contributed by atoms with Crippen molar-refractivity contribution in [1.82, 2.24) is 9.80 Å². The molecule has 0 unspecified atom stereocenters. The molecule has 0 fully saturated rings. The molecule has 0 bridgehead atoms. The molecule has 0 saturated carbocycles. The molecular weight excluding hydrogens is 268 g/mol. The van der Waals surface area contributed by atoms with Crippen LogP contribution in [0.3, 0.4) is 0 Å². The molecule has 0 radical (unpaired) electrons. The highest BCUT2D eigenvalue weighted by Gasteiger charge is 2.27. The number of carbonyl (C=O) groups excluding carboxylic acids is 1. The number of hydrogen-bond acceptors (Lipinski definition) is 4. The van der Waals surface area contributed by atoms with Gasteiger partial charge in [-0.1, -0.05) is 6.07 Å². The van der Waals surface area contributed by atoms with E-state index in [1.807, 2.05) is 58.0 Å². The second-order valence-corrected chi connectivity index (χ2v) is 6.62. The van der Waals surface area contributed by atoms with Gasteiger partial charge in [-0.15, -0.1) is 0 Å². The van der Waals surface area contributed by atoms with Crippen molar-refractivity contribution in [3.63, 3.8) is 0 Å². The molecule has 5 nitrogen and oxygen atoms in total. The first-order valence-electron chi connectivity index (χ1n) is 7.12. The maximum Gasteiger partial charge on any atom is 0.410 e. The first-order chi connectivity index (χ1) is 9.74. The van der Waals surface area contributed by atoms with Crippen molar-refractivity contribution >= 4 is 6.09 Å². The molecule has 1 amide bonds. The number of rotatable bonds is 3. The van der Waals surface area contributed by atoms with Gasteiger partial charge in [-0.25, -0.2) is 4.79 Å². The highest BCUT2D eigenvalue weighted by Crippen LogP contribution is 2.28. The van der Waals surface area contributed by atoms with Crippen LogP contribution < -0.4 is 4.74 Å². The summed E-state index contributed by atoms with van der Waals surface area (Å²) in [6.07, 6.45) is -0.269. The summed E-state index contributed by atoms with van der Waals surface area (Å²) in [6, 6.07) is 5.97. The summed E-state index contributed by atoms with van der Waals surface area (Å²) in [5.41, 5.74) is 1.81. The lowest BCUT2D eigenvalue weighted by Crippen LogP contribution is -2.33. The number of ether oxygens (including phenoxy) is 2. The van der Waals surface area contributed by atoms with Gasteiger partial charge in [0.15, 0.2) is 0 Å². The van der Waals surface area contributed by atoms with Crippen LogP contribution in [0.2, 0.25) is 0 Å². The predicted molar refractivity (Wildman–Crippen MR) is 81.1 cm³/mol. The summed E-state index contributed by atoms with van der Waals surface area (Å²) < 4.78 is 11.1. The van der Waals surface area contributed by atoms with Gasteiger partial charge >= 0.3 is 6.09 Å². The van der Waals surface area contributed by atoms with Crippen LogP contribution in [0, 0.1) is 0 Å². The lowest BCUT2D eigenvalue weighted by atomic mass is 10.1. The van der Waals surface area contributed by atoms with Crippen LogP contribution >= 0.6 is 0 Å². The first-order valence-corrected chi connectivity index (χ1v) is 7.12. The Kier molecular flexibility index (Phi) is 4.42. The fourth-order valence-corrected chi connectivity index (χ4v) is 2.12. The number of benzene rings is 1. The van der Waals surface area contributed by atoms with Crippen molar-refractivity contribution < 1.29 is 14.3 Å². The Morgan fingerprint density at radius 1 is 1.24 bits per heavy atom. The van der Waals surface area contributed by atoms with E-state index in [1.54, 1.807) is 4.90 Å². The van der Waals surface area contributed by atoms with Crippen LogP contribution in [-0.4, -0.2) is 42.3 Å². The van der Waals surface area contributed by atoms with Gasteiger partial charge in [0.1, 0.15) is 18.1 Å². The molecule has 1 aromatic carbocycles. The van der Waals surface area contributed by atoms with Gasteiger partial charge in [0.2, 0.25) is 0 Å². The lowest BCUT2D eigenvalue weighted by molar-refractivity contribution is 0.0242. The molecule has 1 aliphatic heterocycles. The van der Waals surface area contributed by atoms with Crippen molar-refractivity contribution in [3.05, 3.63) is 29.3 Å². The van der Waals surface area contributed by atoms with E-state index >= 15 is 0 Å². The van der Waals surface area contributed by atoms with Gasteiger partial charge in [0.25, 0.3) is 0 Å². The van der Waals surface area contributed by atoms with Gasteiger partial charge in [-0.2, -0.15) is 0 Å². The molecule has 1 aliphatic rings. The second-order valence-electron chi connectivity index (χ2n) is 6.62. The zero-order chi connectivity index (χ0) is 15.6. The average Bonchev–Trinajstić information content (AvgIpc) is 2.77. The fourth-order valence-electron chi connectivity index (χ4n) is 2.12. The molecule has 0 saturated heterocycles. The third-order valence-electron chi connectivity index (χ3n) is 3.04. The van der Waals surface area contributed by atoms with E-state index in [2.05, 4.69) is 0 Å². The largest absolute Gasteiger partial charge is 0.478 e. The second kappa shape index (κ2) is 5.93. The van der Waals surface area contributed by atoms with Crippen molar-refractivity contribution in [2.45, 2.75) is 39.5 Å². The van der Waals surface area contributed by atoms with Crippen molar-refractivity contribution in [1.29, 1.82) is 0 Å². The minimum Gasteiger partial charge on any atom is -0.478 e. The monoisotopic (exact) mass is 292 g/mol. The first kappa shape index (κ1) is 15.6. The quantitative estimate of drug-likeness (QED) is 0.803. The van der Waals surface area contributed by atoms with Gasteiger partial charge < -0.3 is 9.47 Å². The summed E-state index contributed by atoms with van der Waals surface area (Å²) in [6.45, 7) is 7.33. The van der Waals surface area contributed by atoms with Crippen molar-refractivity contribution in [2.75, 3.05) is 20.8 Å². The summed E-state index contributed by atoms with van der Waals surface area (Å²) in [7, 11) is 3.91. The Hall–Kier alpha value is -1.75. The summed E-state index contributed by atoms with van der Waals surface area (Å²) in [5, 5.41) is 0. The van der Waals surface area contributed by atoms with Gasteiger partial charge in [-0.3, -0.25) is 9.80 Å². The van der Waals surface area contributed by atoms with Crippen LogP contribution in [0.1, 0.15) is 31.9 Å². The Balaban J connectivity index is 2.00. The molecule has 21 heavy (non-hydrogen) atoms. The van der Waals surface area contributed by atoms with Crippen molar-refractivity contribution in [2.24, 2.45) is 0 Å². The third-order valence-corrected chi connectivity index (χ3v) is 3.04. The third kappa shape index (κ3) is 4.36. The highest BCUT2D eigenvalue weighted by atomic mass is 16.6. The zero-order valence-electron chi connectivity index (χ0n) is 13.5. The molecule has 116 valence electrons. The molecule has 0 atom stereocenters. The summed E-state index contributed by atoms with van der Waals surface area (Å²) >= 11 is 0. The van der Waals surface area contributed by atoms with E-state index in [9.17, 15) is 4.79 Å². The Labute approximate surface area is 126 Å². The Morgan fingerprint density at radius 3 is 2.52 bits per heavy atom. The summed E-state index contributed by atoms with van der Waals surface area (Å²) in [5.74, 6) is 0.827. The van der Waals surface area contributed by atoms with E-state index in [0.717, 1.165) is 16.9 Å². The van der Waals surface area contributed by atoms with Gasteiger partial charge in [0, 0.05) is 13.1 Å². The fraction of sp³-hybridized carbons (Fsp3) is 0.562.